The average molecular weight is 299 g/mol. The van der Waals surface area contributed by atoms with Gasteiger partial charge < -0.3 is 10.2 Å². The quantitative estimate of drug-likeness (QED) is 0.867. The molecule has 1 aromatic carbocycles. The van der Waals surface area contributed by atoms with E-state index in [1.165, 1.54) is 28.6 Å². The first-order valence-corrected chi connectivity index (χ1v) is 8.41. The van der Waals surface area contributed by atoms with Gasteiger partial charge in [-0.15, -0.1) is 0 Å². The maximum absolute atomic E-state index is 12.7. The normalized spacial score (nSPS) is 17.5. The van der Waals surface area contributed by atoms with E-state index in [-0.39, 0.29) is 29.8 Å². The summed E-state index contributed by atoms with van der Waals surface area (Å²) in [5.74, 6) is -0.0707. The fourth-order valence-corrected chi connectivity index (χ4v) is 4.46. The van der Waals surface area contributed by atoms with E-state index in [2.05, 4.69) is 0 Å². The Hall–Kier alpha value is -1.11. The molecule has 1 saturated carbocycles. The fraction of sp³-hybridized carbons (Fsp3) is 0.571. The van der Waals surface area contributed by atoms with Gasteiger partial charge in [0.25, 0.3) is 0 Å². The molecule has 0 heterocycles. The van der Waals surface area contributed by atoms with Crippen LogP contribution in [0.2, 0.25) is 0 Å². The molecule has 0 spiro atoms. The molecule has 2 N–H and O–H groups in total. The molecule has 1 aliphatic carbocycles. The van der Waals surface area contributed by atoms with Crippen LogP contribution in [0.25, 0.3) is 0 Å². The fourth-order valence-electron chi connectivity index (χ4n) is 2.75. The lowest BCUT2D eigenvalue weighted by Crippen LogP contribution is -2.43. The average Bonchev–Trinajstić information content (AvgIpc) is 2.45. The van der Waals surface area contributed by atoms with Gasteiger partial charge in [-0.3, -0.25) is 0 Å². The van der Waals surface area contributed by atoms with Crippen LogP contribution in [-0.4, -0.2) is 42.1 Å². The largest absolute Gasteiger partial charge is 0.508 e. The highest BCUT2D eigenvalue weighted by Crippen LogP contribution is 2.28. The molecular formula is C14H21NO4S. The van der Waals surface area contributed by atoms with E-state index in [1.54, 1.807) is 0 Å². The van der Waals surface area contributed by atoms with Crippen molar-refractivity contribution in [1.82, 2.24) is 4.31 Å². The number of aromatic hydroxyl groups is 1. The lowest BCUT2D eigenvalue weighted by atomic mass is 9.95. The lowest BCUT2D eigenvalue weighted by Gasteiger charge is -2.33. The Morgan fingerprint density at radius 1 is 1.20 bits per heavy atom. The minimum atomic E-state index is -3.67. The molecule has 6 heteroatoms. The van der Waals surface area contributed by atoms with Gasteiger partial charge in [0.2, 0.25) is 10.0 Å². The Morgan fingerprint density at radius 3 is 2.50 bits per heavy atom. The van der Waals surface area contributed by atoms with Crippen LogP contribution in [0.1, 0.15) is 32.1 Å². The highest BCUT2D eigenvalue weighted by Gasteiger charge is 2.31. The number of phenols is 1. The molecule has 1 aromatic rings. The van der Waals surface area contributed by atoms with Crippen LogP contribution in [0.5, 0.6) is 5.75 Å². The molecular weight excluding hydrogens is 278 g/mol. The summed E-state index contributed by atoms with van der Waals surface area (Å²) in [6.07, 6.45) is 4.83. The number of sulfonamides is 1. The van der Waals surface area contributed by atoms with Gasteiger partial charge in [-0.1, -0.05) is 25.3 Å². The van der Waals surface area contributed by atoms with Gasteiger partial charge in [0.05, 0.1) is 11.5 Å². The Balaban J connectivity index is 2.31. The van der Waals surface area contributed by atoms with E-state index >= 15 is 0 Å². The topological polar surface area (TPSA) is 77.8 Å². The van der Waals surface area contributed by atoms with Crippen molar-refractivity contribution in [3.63, 3.8) is 0 Å². The molecule has 5 nitrogen and oxygen atoms in total. The van der Waals surface area contributed by atoms with Crippen LogP contribution >= 0.6 is 0 Å². The van der Waals surface area contributed by atoms with Crippen molar-refractivity contribution < 1.29 is 18.6 Å². The van der Waals surface area contributed by atoms with Gasteiger partial charge in [-0.25, -0.2) is 8.42 Å². The van der Waals surface area contributed by atoms with Gasteiger partial charge in [-0.2, -0.15) is 4.31 Å². The van der Waals surface area contributed by atoms with E-state index in [9.17, 15) is 18.6 Å². The molecule has 0 atom stereocenters. The summed E-state index contributed by atoms with van der Waals surface area (Å²) in [5, 5.41) is 18.6. The molecule has 0 radical (unpaired) electrons. The summed E-state index contributed by atoms with van der Waals surface area (Å²) in [6, 6.07) is 5.63. The third-order valence-electron chi connectivity index (χ3n) is 3.73. The van der Waals surface area contributed by atoms with Crippen molar-refractivity contribution in [2.45, 2.75) is 43.0 Å². The van der Waals surface area contributed by atoms with Crippen molar-refractivity contribution in [2.75, 3.05) is 13.2 Å². The van der Waals surface area contributed by atoms with Crippen LogP contribution in [0.15, 0.2) is 29.2 Å². The third-order valence-corrected chi connectivity index (χ3v) is 5.67. The number of rotatable bonds is 5. The van der Waals surface area contributed by atoms with Crippen molar-refractivity contribution >= 4 is 10.0 Å². The first kappa shape index (κ1) is 15.3. The lowest BCUT2D eigenvalue weighted by molar-refractivity contribution is 0.199. The molecule has 0 unspecified atom stereocenters. The second-order valence-electron chi connectivity index (χ2n) is 5.13. The molecule has 2 rings (SSSR count). The van der Waals surface area contributed by atoms with E-state index < -0.39 is 10.0 Å². The highest BCUT2D eigenvalue weighted by atomic mass is 32.2. The zero-order valence-corrected chi connectivity index (χ0v) is 12.2. The monoisotopic (exact) mass is 299 g/mol. The smallest absolute Gasteiger partial charge is 0.243 e. The first-order valence-electron chi connectivity index (χ1n) is 6.97. The minimum absolute atomic E-state index is 0.0525. The Labute approximate surface area is 119 Å². The molecule has 0 saturated heterocycles. The first-order chi connectivity index (χ1) is 9.55. The number of hydrogen-bond donors (Lipinski definition) is 2. The summed E-state index contributed by atoms with van der Waals surface area (Å²) in [5.41, 5.74) is 0. The predicted molar refractivity (Wildman–Crippen MR) is 76.0 cm³/mol. The van der Waals surface area contributed by atoms with Gasteiger partial charge in [-0.05, 0) is 31.0 Å². The third kappa shape index (κ3) is 3.31. The second kappa shape index (κ2) is 6.56. The SMILES string of the molecule is O=S(=O)(c1cccc(O)c1)N(CCO)C1CCCCC1. The second-order valence-corrected chi connectivity index (χ2v) is 7.02. The standard InChI is InChI=1S/C14H21NO4S/c16-10-9-15(12-5-2-1-3-6-12)20(18,19)14-8-4-7-13(17)11-14/h4,7-8,11-12,16-17H,1-3,5-6,9-10H2. The summed E-state index contributed by atoms with van der Waals surface area (Å²) in [7, 11) is -3.67. The van der Waals surface area contributed by atoms with Crippen molar-refractivity contribution in [3.8, 4) is 5.75 Å². The van der Waals surface area contributed by atoms with Crippen molar-refractivity contribution in [2.24, 2.45) is 0 Å². The number of phenolic OH excluding ortho intramolecular Hbond substituents is 1. The van der Waals surface area contributed by atoms with Gasteiger partial charge in [0.15, 0.2) is 0 Å². The molecule has 112 valence electrons. The minimum Gasteiger partial charge on any atom is -0.508 e. The maximum atomic E-state index is 12.7. The summed E-state index contributed by atoms with van der Waals surface area (Å²) in [4.78, 5) is 0.0801. The zero-order valence-electron chi connectivity index (χ0n) is 11.4. The van der Waals surface area contributed by atoms with Gasteiger partial charge >= 0.3 is 0 Å². The Morgan fingerprint density at radius 2 is 1.90 bits per heavy atom. The van der Waals surface area contributed by atoms with Crippen molar-refractivity contribution in [1.29, 1.82) is 0 Å². The van der Waals surface area contributed by atoms with Crippen LogP contribution in [0.4, 0.5) is 0 Å². The number of hydrogen-bond acceptors (Lipinski definition) is 4. The maximum Gasteiger partial charge on any atom is 0.243 e. The van der Waals surface area contributed by atoms with E-state index in [0.29, 0.717) is 0 Å². The van der Waals surface area contributed by atoms with E-state index in [0.717, 1.165) is 32.1 Å². The molecule has 1 fully saturated rings. The molecule has 0 aromatic heterocycles. The molecule has 0 amide bonds. The van der Waals surface area contributed by atoms with Crippen LogP contribution in [0, 0.1) is 0 Å². The van der Waals surface area contributed by atoms with E-state index in [1.807, 2.05) is 0 Å². The van der Waals surface area contributed by atoms with Crippen LogP contribution < -0.4 is 0 Å². The number of nitrogens with zero attached hydrogens (tertiary/aromatic N) is 1. The summed E-state index contributed by atoms with van der Waals surface area (Å²) in [6.45, 7) is -0.1000. The van der Waals surface area contributed by atoms with Crippen LogP contribution in [0.3, 0.4) is 0 Å². The van der Waals surface area contributed by atoms with Gasteiger partial charge in [0.1, 0.15) is 5.75 Å². The molecule has 0 aliphatic heterocycles. The molecule has 1 aliphatic rings. The van der Waals surface area contributed by atoms with E-state index in [4.69, 9.17) is 0 Å². The van der Waals surface area contributed by atoms with Crippen molar-refractivity contribution in [3.05, 3.63) is 24.3 Å². The number of aliphatic hydroxyl groups is 1. The Kier molecular flexibility index (Phi) is 5.01. The predicted octanol–water partition coefficient (Wildman–Crippen LogP) is 1.71. The summed E-state index contributed by atoms with van der Waals surface area (Å²) >= 11 is 0. The Bertz CT molecular complexity index is 538. The number of benzene rings is 1. The zero-order chi connectivity index (χ0) is 14.6. The molecule has 0 bridgehead atoms. The molecule has 20 heavy (non-hydrogen) atoms. The van der Waals surface area contributed by atoms with Crippen LogP contribution in [-0.2, 0) is 10.0 Å². The summed E-state index contributed by atoms with van der Waals surface area (Å²) < 4.78 is 26.7. The highest BCUT2D eigenvalue weighted by molar-refractivity contribution is 7.89. The number of aliphatic hydroxyl groups excluding tert-OH is 1. The van der Waals surface area contributed by atoms with Gasteiger partial charge in [0, 0.05) is 12.6 Å².